The number of carbonyl (C=O) groups excluding carboxylic acids is 4. The molecule has 3 amide bonds. The van der Waals surface area contributed by atoms with Crippen molar-refractivity contribution in [1.82, 2.24) is 29.4 Å². The molecule has 4 aromatic rings. The number of alkyl halides is 3. The lowest BCUT2D eigenvalue weighted by Gasteiger charge is -2.38. The number of aryl methyl sites for hydroxylation is 2. The van der Waals surface area contributed by atoms with E-state index in [-0.39, 0.29) is 18.5 Å². The van der Waals surface area contributed by atoms with Crippen LogP contribution in [0, 0.1) is 11.8 Å². The van der Waals surface area contributed by atoms with Gasteiger partial charge in [-0.05, 0) is 74.6 Å². The van der Waals surface area contributed by atoms with Crippen molar-refractivity contribution in [3.8, 4) is 0 Å². The van der Waals surface area contributed by atoms with Gasteiger partial charge in [0.25, 0.3) is 0 Å². The quantitative estimate of drug-likeness (QED) is 0.218. The first-order chi connectivity index (χ1) is 24.2. The number of nitrogens with zero attached hydrogens (tertiary/aromatic N) is 6. The molecule has 0 bridgehead atoms. The molecule has 4 heterocycles. The molecule has 2 aliphatic rings. The first kappa shape index (κ1) is 37.3. The van der Waals surface area contributed by atoms with Crippen LogP contribution in [0.1, 0.15) is 76.6 Å². The number of hydrogen-bond acceptors (Lipinski definition) is 7. The number of amides is 3. The van der Waals surface area contributed by atoms with Crippen molar-refractivity contribution in [2.75, 3.05) is 19.7 Å². The Morgan fingerprint density at radius 2 is 1.22 bits per heavy atom. The van der Waals surface area contributed by atoms with Crippen molar-refractivity contribution < 1.29 is 37.1 Å². The Morgan fingerprint density at radius 3 is 1.63 bits per heavy atom. The first-order valence-electron chi connectivity index (χ1n) is 17.3. The van der Waals surface area contributed by atoms with Crippen molar-refractivity contribution in [2.24, 2.45) is 17.6 Å². The maximum atomic E-state index is 12.5. The number of esters is 1. The predicted molar refractivity (Wildman–Crippen MR) is 183 cm³/mol. The van der Waals surface area contributed by atoms with Gasteiger partial charge in [0.1, 0.15) is 0 Å². The molecule has 0 aliphatic carbocycles. The number of benzene rings is 2. The fourth-order valence-corrected chi connectivity index (χ4v) is 6.82. The van der Waals surface area contributed by atoms with Crippen LogP contribution in [0.2, 0.25) is 0 Å². The molecule has 15 heteroatoms. The van der Waals surface area contributed by atoms with Crippen LogP contribution < -0.4 is 5.73 Å². The number of halogens is 3. The van der Waals surface area contributed by atoms with E-state index >= 15 is 0 Å². The van der Waals surface area contributed by atoms with Gasteiger partial charge in [-0.1, -0.05) is 38.1 Å². The molecule has 51 heavy (non-hydrogen) atoms. The highest BCUT2D eigenvalue weighted by atomic mass is 19.4. The molecule has 0 spiro atoms. The molecule has 2 N–H and O–H groups in total. The van der Waals surface area contributed by atoms with E-state index in [1.165, 1.54) is 4.90 Å². The van der Waals surface area contributed by atoms with Crippen molar-refractivity contribution in [3.63, 3.8) is 0 Å². The Bertz CT molecular complexity index is 1900. The van der Waals surface area contributed by atoms with E-state index in [1.54, 1.807) is 9.58 Å². The molecular formula is C36H44F3N7O5. The minimum absolute atomic E-state index is 0.109. The van der Waals surface area contributed by atoms with Gasteiger partial charge in [0, 0.05) is 49.3 Å². The lowest BCUT2D eigenvalue weighted by Crippen LogP contribution is -2.46. The average molecular weight is 712 g/mol. The van der Waals surface area contributed by atoms with Gasteiger partial charge in [0.05, 0.1) is 23.1 Å². The van der Waals surface area contributed by atoms with E-state index in [0.717, 1.165) is 65.3 Å². The summed E-state index contributed by atoms with van der Waals surface area (Å²) in [7, 11) is 0. The maximum absolute atomic E-state index is 12.5. The summed E-state index contributed by atoms with van der Waals surface area (Å²) in [4.78, 5) is 50.9. The standard InChI is InChI=1S/C19H22F3N3O3.C17H22N4O2/c1-3-24-10-14-6-5-13(8-15(14)23-24)16-7-4-12(2)9-25(16)17(26)18(27)28-11-19(20,21)22;1-3-20-10-13-6-5-12(8-14(13)19-20)15-7-4-11(2)9-21(15)17(23)16(18)22/h5-6,8,10,12,16H,3-4,7,9,11H2,1-2H3;5-6,8,10-11,15H,3-4,7,9H2,1-2H3,(H2,18,22). The van der Waals surface area contributed by atoms with Gasteiger partial charge >= 0.3 is 29.9 Å². The fraction of sp³-hybridized carbons (Fsp3) is 0.500. The second-order valence-electron chi connectivity index (χ2n) is 13.5. The van der Waals surface area contributed by atoms with Gasteiger partial charge in [0.2, 0.25) is 0 Å². The summed E-state index contributed by atoms with van der Waals surface area (Å²) in [5.74, 6) is -3.50. The molecule has 12 nitrogen and oxygen atoms in total. The zero-order chi connectivity index (χ0) is 37.0. The zero-order valence-electron chi connectivity index (χ0n) is 29.2. The number of carbonyl (C=O) groups is 4. The number of likely N-dealkylation sites (tertiary alicyclic amines) is 2. The highest BCUT2D eigenvalue weighted by molar-refractivity contribution is 6.34. The summed E-state index contributed by atoms with van der Waals surface area (Å²) in [6.07, 6.45) is 2.56. The van der Waals surface area contributed by atoms with E-state index in [2.05, 4.69) is 21.9 Å². The number of primary amides is 1. The van der Waals surface area contributed by atoms with Crippen molar-refractivity contribution in [2.45, 2.75) is 84.7 Å². The molecule has 4 atom stereocenters. The summed E-state index contributed by atoms with van der Waals surface area (Å²) < 4.78 is 44.7. The molecule has 274 valence electrons. The van der Waals surface area contributed by atoms with Gasteiger partial charge in [-0.2, -0.15) is 23.4 Å². The number of ether oxygens (including phenoxy) is 1. The van der Waals surface area contributed by atoms with Crippen molar-refractivity contribution in [3.05, 3.63) is 59.9 Å². The van der Waals surface area contributed by atoms with E-state index in [4.69, 9.17) is 5.73 Å². The zero-order valence-corrected chi connectivity index (χ0v) is 29.2. The first-order valence-corrected chi connectivity index (χ1v) is 17.3. The lowest BCUT2D eigenvalue weighted by atomic mass is 9.89. The van der Waals surface area contributed by atoms with E-state index < -0.39 is 42.5 Å². The molecule has 4 unspecified atom stereocenters. The average Bonchev–Trinajstić information content (AvgIpc) is 3.72. The summed E-state index contributed by atoms with van der Waals surface area (Å²) in [5, 5.41) is 11.0. The van der Waals surface area contributed by atoms with E-state index in [1.807, 2.05) is 74.2 Å². The molecule has 0 radical (unpaired) electrons. The Hall–Kier alpha value is -4.95. The largest absolute Gasteiger partial charge is 0.449 e. The lowest BCUT2D eigenvalue weighted by molar-refractivity contribution is -0.190. The van der Waals surface area contributed by atoms with Crippen LogP contribution in [-0.4, -0.2) is 78.9 Å². The van der Waals surface area contributed by atoms with Gasteiger partial charge in [-0.25, -0.2) is 4.79 Å². The third-order valence-corrected chi connectivity index (χ3v) is 9.48. The summed E-state index contributed by atoms with van der Waals surface area (Å²) >= 11 is 0. The molecule has 2 aliphatic heterocycles. The van der Waals surface area contributed by atoms with Crippen LogP contribution >= 0.6 is 0 Å². The molecule has 2 aromatic carbocycles. The Balaban J connectivity index is 0.000000201. The number of rotatable bonds is 5. The molecule has 6 rings (SSSR count). The minimum atomic E-state index is -4.67. The van der Waals surface area contributed by atoms with Crippen LogP contribution in [0.25, 0.3) is 21.8 Å². The van der Waals surface area contributed by atoms with Gasteiger partial charge in [-0.15, -0.1) is 0 Å². The Morgan fingerprint density at radius 1 is 0.765 bits per heavy atom. The topological polar surface area (TPSA) is 146 Å². The molecule has 2 fully saturated rings. The van der Waals surface area contributed by atoms with Gasteiger partial charge in [-0.3, -0.25) is 23.7 Å². The normalized spacial score (nSPS) is 20.9. The van der Waals surface area contributed by atoms with Crippen LogP contribution in [0.15, 0.2) is 48.8 Å². The monoisotopic (exact) mass is 711 g/mol. The highest BCUT2D eigenvalue weighted by Gasteiger charge is 2.38. The van der Waals surface area contributed by atoms with Gasteiger partial charge < -0.3 is 20.3 Å². The highest BCUT2D eigenvalue weighted by Crippen LogP contribution is 2.36. The summed E-state index contributed by atoms with van der Waals surface area (Å²) in [5.41, 5.74) is 8.72. The summed E-state index contributed by atoms with van der Waals surface area (Å²) in [6, 6.07) is 11.2. The number of nitrogens with two attached hydrogens (primary N) is 1. The van der Waals surface area contributed by atoms with E-state index in [0.29, 0.717) is 18.9 Å². The van der Waals surface area contributed by atoms with Crippen LogP contribution in [0.5, 0.6) is 0 Å². The predicted octanol–water partition coefficient (Wildman–Crippen LogP) is 5.30. The van der Waals surface area contributed by atoms with Gasteiger partial charge in [0.15, 0.2) is 6.61 Å². The minimum Gasteiger partial charge on any atom is -0.449 e. The Labute approximate surface area is 293 Å². The summed E-state index contributed by atoms with van der Waals surface area (Å²) in [6.45, 7) is 8.65. The van der Waals surface area contributed by atoms with Crippen molar-refractivity contribution >= 4 is 45.5 Å². The second kappa shape index (κ2) is 15.5. The molecule has 0 saturated carbocycles. The number of aromatic nitrogens is 4. The number of fused-ring (bicyclic) bond motifs is 2. The number of hydrogen-bond donors (Lipinski definition) is 1. The maximum Gasteiger partial charge on any atom is 0.422 e. The Kier molecular flexibility index (Phi) is 11.4. The van der Waals surface area contributed by atoms with Crippen LogP contribution in [0.4, 0.5) is 13.2 Å². The van der Waals surface area contributed by atoms with Crippen molar-refractivity contribution in [1.29, 1.82) is 0 Å². The molecule has 2 aromatic heterocycles. The molecular weight excluding hydrogens is 667 g/mol. The third kappa shape index (κ3) is 8.86. The fourth-order valence-electron chi connectivity index (χ4n) is 6.82. The SMILES string of the molecule is CCn1cc2ccc(C3CCC(C)CN3C(=O)C(=O)OCC(F)(F)F)cc2n1.CCn1cc2ccc(C3CCC(C)CN3C(=O)C(N)=O)cc2n1. The molecule has 2 saturated heterocycles. The van der Waals surface area contributed by atoms with E-state index in [9.17, 15) is 32.3 Å². The number of piperidine rings is 2. The van der Waals surface area contributed by atoms with Crippen LogP contribution in [0.3, 0.4) is 0 Å². The van der Waals surface area contributed by atoms with Crippen LogP contribution in [-0.2, 0) is 37.0 Å². The third-order valence-electron chi connectivity index (χ3n) is 9.48. The second-order valence-corrected chi connectivity index (χ2v) is 13.5. The smallest absolute Gasteiger partial charge is 0.422 e.